The Balaban J connectivity index is 1.49. The predicted octanol–water partition coefficient (Wildman–Crippen LogP) is 3.39. The number of imide groups is 2. The number of aromatic hydroxyl groups is 2. The summed E-state index contributed by atoms with van der Waals surface area (Å²) in [4.78, 5) is 64.1. The van der Waals surface area contributed by atoms with Gasteiger partial charge in [-0.1, -0.05) is 17.7 Å². The molecule has 3 N–H and O–H groups in total. The van der Waals surface area contributed by atoms with Crippen LogP contribution in [0.2, 0.25) is 0 Å². The Morgan fingerprint density at radius 2 is 1.72 bits per heavy atom. The normalized spacial score (nSPS) is 31.5. The van der Waals surface area contributed by atoms with Gasteiger partial charge in [0.1, 0.15) is 11.3 Å². The molecule has 43 heavy (non-hydrogen) atoms. The summed E-state index contributed by atoms with van der Waals surface area (Å²) in [5, 5.41) is 29.9. The van der Waals surface area contributed by atoms with E-state index < -0.39 is 74.3 Å². The van der Waals surface area contributed by atoms with E-state index in [4.69, 9.17) is 27.9 Å². The highest BCUT2D eigenvalue weighted by Gasteiger charge is 2.75. The third-order valence-electron chi connectivity index (χ3n) is 9.10. The van der Waals surface area contributed by atoms with Crippen LogP contribution in [0.4, 0.5) is 5.69 Å². The molecule has 0 aromatic heterocycles. The Morgan fingerprint density at radius 1 is 1.00 bits per heavy atom. The Morgan fingerprint density at radius 3 is 2.37 bits per heavy atom. The molecule has 6 unspecified atom stereocenters. The molecule has 2 aliphatic heterocycles. The van der Waals surface area contributed by atoms with E-state index in [-0.39, 0.29) is 36.6 Å². The number of carboxylic acids is 1. The zero-order chi connectivity index (χ0) is 31.2. The van der Waals surface area contributed by atoms with E-state index in [1.165, 1.54) is 25.2 Å². The first kappa shape index (κ1) is 29.0. The molecule has 11 nitrogen and oxygen atoms in total. The van der Waals surface area contributed by atoms with Crippen LogP contribution >= 0.6 is 23.2 Å². The second-order valence-electron chi connectivity index (χ2n) is 11.2. The van der Waals surface area contributed by atoms with E-state index >= 15 is 0 Å². The number of rotatable bonds is 5. The summed E-state index contributed by atoms with van der Waals surface area (Å²) in [5.74, 6) is -8.24. The van der Waals surface area contributed by atoms with Gasteiger partial charge in [0.2, 0.25) is 11.8 Å². The van der Waals surface area contributed by atoms with Crippen LogP contribution in [-0.4, -0.2) is 73.2 Å². The van der Waals surface area contributed by atoms with Gasteiger partial charge in [-0.3, -0.25) is 24.1 Å². The standard InChI is InChI=1S/C30H26Cl2N2O9/c1-3-43-21-10-13(4-9-19(21)35)23-15-7-8-17-22(18(15)12-29(31)27(41)33(2)28(42)30(23,29)32)25(38)34(24(17)37)14-5-6-16(26(39)40)20(36)11-14/h4-7,9-11,17-18,22-23,35-36H,3,8,12H2,1-2H3,(H,39,40). The summed E-state index contributed by atoms with van der Waals surface area (Å²) >= 11 is 14.3. The number of hydrogen-bond acceptors (Lipinski definition) is 8. The van der Waals surface area contributed by atoms with Crippen molar-refractivity contribution in [3.8, 4) is 17.2 Å². The van der Waals surface area contributed by atoms with Crippen LogP contribution in [0.25, 0.3) is 0 Å². The molecule has 3 fully saturated rings. The highest BCUT2D eigenvalue weighted by molar-refractivity contribution is 6.53. The first-order valence-corrected chi connectivity index (χ1v) is 14.3. The highest BCUT2D eigenvalue weighted by atomic mass is 35.5. The first-order valence-electron chi connectivity index (χ1n) is 13.6. The molecule has 0 radical (unpaired) electrons. The number of carboxylic acid groups (broad SMARTS) is 1. The Hall–Kier alpha value is -4.09. The topological polar surface area (TPSA) is 162 Å². The summed E-state index contributed by atoms with van der Waals surface area (Å²) in [6.07, 6.45) is 1.67. The zero-order valence-corrected chi connectivity index (χ0v) is 24.4. The van der Waals surface area contributed by atoms with E-state index in [9.17, 15) is 39.3 Å². The number of aromatic carboxylic acids is 1. The van der Waals surface area contributed by atoms with Crippen molar-refractivity contribution in [3.63, 3.8) is 0 Å². The van der Waals surface area contributed by atoms with Crippen molar-refractivity contribution in [2.24, 2.45) is 17.8 Å². The summed E-state index contributed by atoms with van der Waals surface area (Å²) in [5.41, 5.74) is 0.592. The molecule has 6 rings (SSSR count). The average Bonchev–Trinajstić information content (AvgIpc) is 3.29. The fraction of sp³-hybridized carbons (Fsp3) is 0.367. The van der Waals surface area contributed by atoms with Crippen molar-refractivity contribution in [3.05, 3.63) is 59.2 Å². The molecule has 2 aliphatic carbocycles. The van der Waals surface area contributed by atoms with Gasteiger partial charge in [-0.25, -0.2) is 9.69 Å². The third-order valence-corrected chi connectivity index (χ3v) is 10.5. The predicted molar refractivity (Wildman–Crippen MR) is 152 cm³/mol. The number of carbonyl (C=O) groups excluding carboxylic acids is 4. The van der Waals surface area contributed by atoms with Crippen molar-refractivity contribution in [2.75, 3.05) is 18.6 Å². The molecule has 0 bridgehead atoms. The number of halogens is 2. The highest BCUT2D eigenvalue weighted by Crippen LogP contribution is 2.65. The van der Waals surface area contributed by atoms with E-state index in [1.54, 1.807) is 19.1 Å². The van der Waals surface area contributed by atoms with Crippen LogP contribution in [0, 0.1) is 17.8 Å². The number of likely N-dealkylation sites (tertiary alicyclic amines) is 1. The maximum atomic E-state index is 14.0. The number of anilines is 1. The van der Waals surface area contributed by atoms with Crippen molar-refractivity contribution in [2.45, 2.75) is 35.4 Å². The first-order chi connectivity index (χ1) is 20.3. The fourth-order valence-electron chi connectivity index (χ4n) is 7.19. The van der Waals surface area contributed by atoms with Crippen LogP contribution in [-0.2, 0) is 19.2 Å². The van der Waals surface area contributed by atoms with Crippen LogP contribution in [0.1, 0.15) is 41.6 Å². The number of hydrogen-bond donors (Lipinski definition) is 3. The average molecular weight is 629 g/mol. The second kappa shape index (κ2) is 9.72. The van der Waals surface area contributed by atoms with Crippen molar-refractivity contribution >= 4 is 58.5 Å². The number of carbonyl (C=O) groups is 5. The van der Waals surface area contributed by atoms with Crippen LogP contribution in [0.3, 0.4) is 0 Å². The number of amides is 4. The van der Waals surface area contributed by atoms with Gasteiger partial charge in [-0.05, 0) is 55.5 Å². The molecule has 224 valence electrons. The smallest absolute Gasteiger partial charge is 0.339 e. The zero-order valence-electron chi connectivity index (χ0n) is 22.9. The third kappa shape index (κ3) is 3.77. The number of benzene rings is 2. The van der Waals surface area contributed by atoms with Crippen LogP contribution in [0.5, 0.6) is 17.2 Å². The Kier molecular flexibility index (Phi) is 6.55. The monoisotopic (exact) mass is 628 g/mol. The minimum Gasteiger partial charge on any atom is -0.507 e. The molecular weight excluding hydrogens is 603 g/mol. The minimum atomic E-state index is -1.99. The summed E-state index contributed by atoms with van der Waals surface area (Å²) in [6.45, 7) is 1.97. The molecule has 4 aliphatic rings. The van der Waals surface area contributed by atoms with Gasteiger partial charge in [0.15, 0.2) is 21.2 Å². The van der Waals surface area contributed by atoms with Crippen LogP contribution in [0.15, 0.2) is 48.0 Å². The van der Waals surface area contributed by atoms with Crippen molar-refractivity contribution in [1.82, 2.24) is 4.90 Å². The maximum Gasteiger partial charge on any atom is 0.339 e. The molecule has 6 atom stereocenters. The van der Waals surface area contributed by atoms with E-state index in [0.717, 1.165) is 21.9 Å². The largest absolute Gasteiger partial charge is 0.507 e. The van der Waals surface area contributed by atoms with Gasteiger partial charge in [0, 0.05) is 19.0 Å². The molecule has 0 spiro atoms. The lowest BCUT2D eigenvalue weighted by molar-refractivity contribution is -0.138. The lowest BCUT2D eigenvalue weighted by Crippen LogP contribution is -2.60. The van der Waals surface area contributed by atoms with Crippen molar-refractivity contribution in [1.29, 1.82) is 0 Å². The number of allylic oxidation sites excluding steroid dienone is 2. The van der Waals surface area contributed by atoms with E-state index in [1.807, 2.05) is 0 Å². The van der Waals surface area contributed by atoms with Crippen LogP contribution < -0.4 is 9.64 Å². The fourth-order valence-corrected chi connectivity index (χ4v) is 8.21. The van der Waals surface area contributed by atoms with Gasteiger partial charge >= 0.3 is 5.97 Å². The van der Waals surface area contributed by atoms with Gasteiger partial charge in [0.25, 0.3) is 11.8 Å². The Labute approximate surface area is 255 Å². The van der Waals surface area contributed by atoms with Gasteiger partial charge < -0.3 is 20.1 Å². The van der Waals surface area contributed by atoms with E-state index in [0.29, 0.717) is 11.1 Å². The lowest BCUT2D eigenvalue weighted by Gasteiger charge is -2.50. The van der Waals surface area contributed by atoms with Crippen molar-refractivity contribution < 1.29 is 44.0 Å². The minimum absolute atomic E-state index is 0.000156. The summed E-state index contributed by atoms with van der Waals surface area (Å²) in [7, 11) is 1.29. The number of phenols is 2. The Bertz CT molecular complexity index is 1670. The quantitative estimate of drug-likeness (QED) is 0.256. The molecular formula is C30H26Cl2N2O9. The number of alkyl halides is 2. The summed E-state index contributed by atoms with van der Waals surface area (Å²) < 4.78 is 5.57. The number of ether oxygens (including phenoxy) is 1. The molecule has 13 heteroatoms. The molecule has 2 saturated heterocycles. The number of nitrogens with zero attached hydrogens (tertiary/aromatic N) is 2. The SMILES string of the molecule is CCOc1cc(C2C3=CCC4C(=O)N(c5ccc(C(=O)O)c(O)c5)C(=O)C4C3CC3(Cl)C(=O)N(C)C(=O)C23Cl)ccc1O. The molecule has 4 amide bonds. The van der Waals surface area contributed by atoms with E-state index in [2.05, 4.69) is 0 Å². The number of fused-ring (bicyclic) bond motifs is 4. The maximum absolute atomic E-state index is 14.0. The second-order valence-corrected chi connectivity index (χ2v) is 12.4. The molecule has 2 heterocycles. The molecule has 1 saturated carbocycles. The molecule has 2 aromatic carbocycles. The lowest BCUT2D eigenvalue weighted by atomic mass is 9.56. The van der Waals surface area contributed by atoms with Gasteiger partial charge in [-0.2, -0.15) is 0 Å². The molecule has 2 aromatic rings. The van der Waals surface area contributed by atoms with Gasteiger partial charge in [0.05, 0.1) is 24.1 Å². The number of phenolic OH excluding ortho intramolecular Hbond substituents is 1. The van der Waals surface area contributed by atoms with Gasteiger partial charge in [-0.15, -0.1) is 23.2 Å². The summed E-state index contributed by atoms with van der Waals surface area (Å²) in [6, 6.07) is 7.87.